The van der Waals surface area contributed by atoms with Crippen LogP contribution in [-0.4, -0.2) is 29.6 Å². The number of anilines is 1. The lowest BCUT2D eigenvalue weighted by molar-refractivity contribution is 0.270. The van der Waals surface area contributed by atoms with Crippen molar-refractivity contribution in [3.05, 3.63) is 18.6 Å². The Bertz CT molecular complexity index is 281. The van der Waals surface area contributed by atoms with Gasteiger partial charge in [-0.15, -0.1) is 0 Å². The third-order valence-electron chi connectivity index (χ3n) is 2.76. The minimum atomic E-state index is 0.429. The third-order valence-corrected chi connectivity index (χ3v) is 2.76. The summed E-state index contributed by atoms with van der Waals surface area (Å²) in [6.45, 7) is 1.05. The van der Waals surface area contributed by atoms with Crippen LogP contribution in [0.25, 0.3) is 0 Å². The summed E-state index contributed by atoms with van der Waals surface area (Å²) in [5.41, 5.74) is 5.74. The Morgan fingerprint density at radius 2 is 2.36 bits per heavy atom. The maximum atomic E-state index is 5.74. The number of nitrogens with two attached hydrogens (primary N) is 1. The average Bonchev–Trinajstić information content (AvgIpc) is 2.17. The Morgan fingerprint density at radius 3 is 2.93 bits per heavy atom. The number of nitrogens with zero attached hydrogens (tertiary/aromatic N) is 3. The molecule has 1 heterocycles. The highest BCUT2D eigenvalue weighted by molar-refractivity contribution is 5.35. The summed E-state index contributed by atoms with van der Waals surface area (Å²) in [6, 6.07) is 2.36. The predicted octanol–water partition coefficient (Wildman–Crippen LogP) is 0.650. The molecule has 1 saturated carbocycles. The van der Waals surface area contributed by atoms with Crippen LogP contribution in [0.1, 0.15) is 12.8 Å². The molecule has 0 bridgehead atoms. The van der Waals surface area contributed by atoms with Crippen LogP contribution in [-0.2, 0) is 0 Å². The largest absolute Gasteiger partial charge is 0.359 e. The SMILES string of the molecule is CN(CC1CC(N)C1)c1ccncn1. The van der Waals surface area contributed by atoms with E-state index >= 15 is 0 Å². The van der Waals surface area contributed by atoms with Crippen molar-refractivity contribution in [1.29, 1.82) is 0 Å². The maximum absolute atomic E-state index is 5.74. The summed E-state index contributed by atoms with van der Waals surface area (Å²) in [6.07, 6.45) is 5.65. The first-order valence-electron chi connectivity index (χ1n) is 4.98. The molecular weight excluding hydrogens is 176 g/mol. The van der Waals surface area contributed by atoms with E-state index in [2.05, 4.69) is 21.9 Å². The van der Waals surface area contributed by atoms with E-state index in [1.807, 2.05) is 6.07 Å². The second kappa shape index (κ2) is 3.92. The quantitative estimate of drug-likeness (QED) is 0.764. The molecule has 14 heavy (non-hydrogen) atoms. The zero-order valence-electron chi connectivity index (χ0n) is 8.43. The molecule has 1 fully saturated rings. The Kier molecular flexibility index (Phi) is 2.63. The number of aromatic nitrogens is 2. The molecule has 0 atom stereocenters. The highest BCUT2D eigenvalue weighted by Gasteiger charge is 2.26. The number of hydrogen-bond acceptors (Lipinski definition) is 4. The second-order valence-electron chi connectivity index (χ2n) is 4.05. The van der Waals surface area contributed by atoms with Gasteiger partial charge in [0.1, 0.15) is 12.1 Å². The zero-order valence-corrected chi connectivity index (χ0v) is 8.43. The van der Waals surface area contributed by atoms with E-state index in [9.17, 15) is 0 Å². The van der Waals surface area contributed by atoms with Crippen molar-refractivity contribution >= 4 is 5.82 Å². The topological polar surface area (TPSA) is 55.0 Å². The summed E-state index contributed by atoms with van der Waals surface area (Å²) in [4.78, 5) is 10.3. The van der Waals surface area contributed by atoms with Crippen LogP contribution in [0, 0.1) is 5.92 Å². The van der Waals surface area contributed by atoms with Gasteiger partial charge in [0.15, 0.2) is 0 Å². The van der Waals surface area contributed by atoms with Gasteiger partial charge in [0.25, 0.3) is 0 Å². The Balaban J connectivity index is 1.87. The fraction of sp³-hybridized carbons (Fsp3) is 0.600. The zero-order chi connectivity index (χ0) is 9.97. The highest BCUT2D eigenvalue weighted by Crippen LogP contribution is 2.26. The molecule has 4 nitrogen and oxygen atoms in total. The average molecular weight is 192 g/mol. The molecule has 1 aliphatic carbocycles. The van der Waals surface area contributed by atoms with Gasteiger partial charge in [-0.25, -0.2) is 9.97 Å². The van der Waals surface area contributed by atoms with E-state index in [-0.39, 0.29) is 0 Å². The van der Waals surface area contributed by atoms with Gasteiger partial charge in [0.2, 0.25) is 0 Å². The first-order chi connectivity index (χ1) is 6.75. The van der Waals surface area contributed by atoms with Gasteiger partial charge in [-0.1, -0.05) is 0 Å². The number of rotatable bonds is 3. The molecule has 0 amide bonds. The summed E-state index contributed by atoms with van der Waals surface area (Å²) in [5.74, 6) is 1.73. The minimum Gasteiger partial charge on any atom is -0.359 e. The van der Waals surface area contributed by atoms with Crippen molar-refractivity contribution in [3.63, 3.8) is 0 Å². The van der Waals surface area contributed by atoms with Crippen LogP contribution >= 0.6 is 0 Å². The van der Waals surface area contributed by atoms with E-state index in [1.165, 1.54) is 0 Å². The minimum absolute atomic E-state index is 0.429. The molecule has 1 aromatic rings. The maximum Gasteiger partial charge on any atom is 0.131 e. The normalized spacial score (nSPS) is 25.6. The van der Waals surface area contributed by atoms with Gasteiger partial charge in [0, 0.05) is 25.8 Å². The van der Waals surface area contributed by atoms with Gasteiger partial charge in [-0.05, 0) is 24.8 Å². The first-order valence-corrected chi connectivity index (χ1v) is 4.98. The van der Waals surface area contributed by atoms with Gasteiger partial charge >= 0.3 is 0 Å². The molecule has 76 valence electrons. The van der Waals surface area contributed by atoms with Crippen molar-refractivity contribution in [2.75, 3.05) is 18.5 Å². The van der Waals surface area contributed by atoms with Crippen molar-refractivity contribution < 1.29 is 0 Å². The summed E-state index contributed by atoms with van der Waals surface area (Å²) in [5, 5.41) is 0. The highest BCUT2D eigenvalue weighted by atomic mass is 15.2. The van der Waals surface area contributed by atoms with Gasteiger partial charge in [0.05, 0.1) is 0 Å². The van der Waals surface area contributed by atoms with Crippen LogP contribution in [0.4, 0.5) is 5.82 Å². The van der Waals surface area contributed by atoms with E-state index in [0.717, 1.165) is 31.1 Å². The molecule has 2 rings (SSSR count). The molecule has 0 spiro atoms. The van der Waals surface area contributed by atoms with Crippen LogP contribution < -0.4 is 10.6 Å². The lowest BCUT2D eigenvalue weighted by Crippen LogP contribution is -2.42. The van der Waals surface area contributed by atoms with Crippen LogP contribution in [0.15, 0.2) is 18.6 Å². The predicted molar refractivity (Wildman–Crippen MR) is 56.0 cm³/mol. The van der Waals surface area contributed by atoms with Crippen LogP contribution in [0.3, 0.4) is 0 Å². The van der Waals surface area contributed by atoms with Crippen molar-refractivity contribution in [3.8, 4) is 0 Å². The van der Waals surface area contributed by atoms with Crippen LogP contribution in [0.5, 0.6) is 0 Å². The smallest absolute Gasteiger partial charge is 0.131 e. The molecule has 0 aliphatic heterocycles. The summed E-state index contributed by atoms with van der Waals surface area (Å²) in [7, 11) is 2.06. The Hall–Kier alpha value is -1.16. The van der Waals surface area contributed by atoms with E-state index in [0.29, 0.717) is 6.04 Å². The molecule has 0 unspecified atom stereocenters. The molecule has 0 radical (unpaired) electrons. The van der Waals surface area contributed by atoms with E-state index in [1.54, 1.807) is 12.5 Å². The van der Waals surface area contributed by atoms with Crippen LogP contribution in [0.2, 0.25) is 0 Å². The molecule has 2 N–H and O–H groups in total. The Labute approximate surface area is 84.2 Å². The molecule has 1 aromatic heterocycles. The first kappa shape index (κ1) is 9.40. The third kappa shape index (κ3) is 2.01. The van der Waals surface area contributed by atoms with Gasteiger partial charge < -0.3 is 10.6 Å². The fourth-order valence-electron chi connectivity index (χ4n) is 1.93. The van der Waals surface area contributed by atoms with Gasteiger partial charge in [-0.2, -0.15) is 0 Å². The van der Waals surface area contributed by atoms with Crippen molar-refractivity contribution in [2.24, 2.45) is 11.7 Å². The molecule has 0 saturated heterocycles. The fourth-order valence-corrected chi connectivity index (χ4v) is 1.93. The summed E-state index contributed by atoms with van der Waals surface area (Å²) < 4.78 is 0. The van der Waals surface area contributed by atoms with Crippen molar-refractivity contribution in [1.82, 2.24) is 9.97 Å². The second-order valence-corrected chi connectivity index (χ2v) is 4.05. The van der Waals surface area contributed by atoms with E-state index in [4.69, 9.17) is 5.73 Å². The Morgan fingerprint density at radius 1 is 1.57 bits per heavy atom. The number of hydrogen-bond donors (Lipinski definition) is 1. The molecule has 4 heteroatoms. The van der Waals surface area contributed by atoms with E-state index < -0.39 is 0 Å². The lowest BCUT2D eigenvalue weighted by atomic mass is 9.81. The lowest BCUT2D eigenvalue weighted by Gasteiger charge is -2.35. The monoisotopic (exact) mass is 192 g/mol. The standard InChI is InChI=1S/C10H16N4/c1-14(6-8-4-9(11)5-8)10-2-3-12-7-13-10/h2-3,7-9H,4-6,11H2,1H3. The molecule has 1 aliphatic rings. The van der Waals surface area contributed by atoms with Crippen molar-refractivity contribution in [2.45, 2.75) is 18.9 Å². The molecular formula is C10H16N4. The summed E-state index contributed by atoms with van der Waals surface area (Å²) >= 11 is 0. The van der Waals surface area contributed by atoms with Gasteiger partial charge in [-0.3, -0.25) is 0 Å². The molecule has 0 aromatic carbocycles.